The van der Waals surface area contributed by atoms with Gasteiger partial charge in [-0.2, -0.15) is 0 Å². The van der Waals surface area contributed by atoms with Crippen LogP contribution in [0.4, 0.5) is 0 Å². The van der Waals surface area contributed by atoms with E-state index in [1.54, 1.807) is 0 Å². The van der Waals surface area contributed by atoms with Gasteiger partial charge < -0.3 is 0 Å². The van der Waals surface area contributed by atoms with Crippen molar-refractivity contribution in [1.29, 1.82) is 0 Å². The molecule has 0 amide bonds. The van der Waals surface area contributed by atoms with Crippen LogP contribution in [0.25, 0.3) is 33.4 Å². The number of fused-ring (bicyclic) bond motifs is 3. The Kier molecular flexibility index (Phi) is 5.34. The summed E-state index contributed by atoms with van der Waals surface area (Å²) in [5.41, 5.74) is 13.8. The Hall–Kier alpha value is -4.68. The minimum atomic E-state index is -0.423. The third-order valence-corrected chi connectivity index (χ3v) is 8.08. The van der Waals surface area contributed by atoms with E-state index in [2.05, 4.69) is 159 Å². The Balaban J connectivity index is 1.58. The predicted octanol–water partition coefficient (Wildman–Crippen LogP) is 9.69. The average molecular weight is 485 g/mol. The second kappa shape index (κ2) is 9.01. The van der Waals surface area contributed by atoms with Gasteiger partial charge >= 0.3 is 0 Å². The van der Waals surface area contributed by atoms with Gasteiger partial charge in [0.2, 0.25) is 0 Å². The molecule has 0 aromatic heterocycles. The average Bonchev–Trinajstić information content (AvgIpc) is 3.30. The molecule has 0 radical (unpaired) electrons. The van der Waals surface area contributed by atoms with Crippen molar-refractivity contribution in [2.45, 2.75) is 12.3 Å². The van der Waals surface area contributed by atoms with Crippen LogP contribution in [0.5, 0.6) is 0 Å². The molecule has 0 aliphatic heterocycles. The van der Waals surface area contributed by atoms with E-state index in [-0.39, 0.29) is 0 Å². The zero-order chi connectivity index (χ0) is 25.5. The molecule has 0 nitrogen and oxygen atoms in total. The Morgan fingerprint density at radius 2 is 0.868 bits per heavy atom. The van der Waals surface area contributed by atoms with Gasteiger partial charge in [-0.3, -0.25) is 0 Å². The molecule has 0 heterocycles. The molecular formula is C38H28. The second-order valence-corrected chi connectivity index (χ2v) is 10.2. The molecule has 0 heteroatoms. The topological polar surface area (TPSA) is 0 Å². The van der Waals surface area contributed by atoms with Gasteiger partial charge in [-0.1, -0.05) is 140 Å². The number of hydrogen-bond acceptors (Lipinski definition) is 0. The Labute approximate surface area is 224 Å². The zero-order valence-electron chi connectivity index (χ0n) is 21.4. The molecule has 1 aliphatic rings. The molecule has 6 aromatic carbocycles. The minimum absolute atomic E-state index is 0.423. The molecule has 0 spiro atoms. The third-order valence-electron chi connectivity index (χ3n) is 8.08. The van der Waals surface area contributed by atoms with Gasteiger partial charge in [0.15, 0.2) is 0 Å². The highest BCUT2D eigenvalue weighted by molar-refractivity contribution is 5.88. The number of rotatable bonds is 4. The van der Waals surface area contributed by atoms with Crippen LogP contribution < -0.4 is 0 Å². The Morgan fingerprint density at radius 3 is 1.47 bits per heavy atom. The molecule has 0 saturated heterocycles. The largest absolute Gasteiger partial charge is 0.0714 e. The lowest BCUT2D eigenvalue weighted by atomic mass is 9.67. The van der Waals surface area contributed by atoms with Crippen LogP contribution in [0.15, 0.2) is 152 Å². The molecule has 38 heavy (non-hydrogen) atoms. The Bertz CT molecular complexity index is 1680. The summed E-state index contributed by atoms with van der Waals surface area (Å²) < 4.78 is 0. The van der Waals surface area contributed by atoms with E-state index in [0.29, 0.717) is 0 Å². The summed E-state index contributed by atoms with van der Waals surface area (Å²) in [4.78, 5) is 0. The summed E-state index contributed by atoms with van der Waals surface area (Å²) in [5.74, 6) is 0. The molecular weight excluding hydrogens is 456 g/mol. The number of hydrogen-bond donors (Lipinski definition) is 0. The third kappa shape index (κ3) is 3.38. The molecule has 0 unspecified atom stereocenters. The van der Waals surface area contributed by atoms with Crippen LogP contribution in [0.3, 0.4) is 0 Å². The normalized spacial score (nSPS) is 13.1. The van der Waals surface area contributed by atoms with Crippen molar-refractivity contribution < 1.29 is 0 Å². The highest BCUT2D eigenvalue weighted by Gasteiger charge is 2.46. The van der Waals surface area contributed by atoms with Gasteiger partial charge in [0.25, 0.3) is 0 Å². The van der Waals surface area contributed by atoms with E-state index >= 15 is 0 Å². The van der Waals surface area contributed by atoms with Crippen LogP contribution in [0, 0.1) is 6.92 Å². The quantitative estimate of drug-likeness (QED) is 0.233. The van der Waals surface area contributed by atoms with Crippen LogP contribution in [-0.4, -0.2) is 0 Å². The first-order valence-electron chi connectivity index (χ1n) is 13.3. The van der Waals surface area contributed by atoms with Crippen LogP contribution >= 0.6 is 0 Å². The summed E-state index contributed by atoms with van der Waals surface area (Å²) >= 11 is 0. The van der Waals surface area contributed by atoms with Crippen molar-refractivity contribution >= 4 is 0 Å². The Morgan fingerprint density at radius 1 is 0.395 bits per heavy atom. The minimum Gasteiger partial charge on any atom is -0.0622 e. The number of aryl methyl sites for hydroxylation is 1. The molecule has 0 fully saturated rings. The fourth-order valence-corrected chi connectivity index (χ4v) is 6.42. The molecule has 0 saturated carbocycles. The van der Waals surface area contributed by atoms with Crippen molar-refractivity contribution in [2.24, 2.45) is 0 Å². The van der Waals surface area contributed by atoms with Gasteiger partial charge in [0.05, 0.1) is 5.41 Å². The van der Waals surface area contributed by atoms with E-state index in [1.807, 2.05) is 0 Å². The van der Waals surface area contributed by atoms with E-state index in [4.69, 9.17) is 0 Å². The highest BCUT2D eigenvalue weighted by atomic mass is 14.5. The van der Waals surface area contributed by atoms with Crippen molar-refractivity contribution in [2.75, 3.05) is 0 Å². The molecule has 1 aliphatic carbocycles. The van der Waals surface area contributed by atoms with Crippen molar-refractivity contribution in [3.05, 3.63) is 179 Å². The monoisotopic (exact) mass is 484 g/mol. The highest BCUT2D eigenvalue weighted by Crippen LogP contribution is 2.57. The van der Waals surface area contributed by atoms with Gasteiger partial charge in [-0.15, -0.1) is 0 Å². The maximum absolute atomic E-state index is 2.40. The van der Waals surface area contributed by atoms with E-state index in [0.717, 1.165) is 0 Å². The first-order valence-corrected chi connectivity index (χ1v) is 13.3. The van der Waals surface area contributed by atoms with E-state index in [1.165, 1.54) is 61.2 Å². The fourth-order valence-electron chi connectivity index (χ4n) is 6.42. The van der Waals surface area contributed by atoms with Crippen LogP contribution in [-0.2, 0) is 5.41 Å². The van der Waals surface area contributed by atoms with Crippen molar-refractivity contribution in [3.8, 4) is 33.4 Å². The molecule has 7 rings (SSSR count). The summed E-state index contributed by atoms with van der Waals surface area (Å²) in [7, 11) is 0. The smallest absolute Gasteiger partial charge is 0.0622 e. The predicted molar refractivity (Wildman–Crippen MR) is 159 cm³/mol. The standard InChI is InChI=1S/C38H28/c1-27-13-10-24-36-37(27)34-22-8-9-23-35(34)38(36,32-20-11-18-30(25-32)28-14-4-2-5-15-28)33-21-12-19-31(26-33)29-16-6-3-7-17-29/h2-26H,1H3. The summed E-state index contributed by atoms with van der Waals surface area (Å²) in [6, 6.07) is 55.5. The van der Waals surface area contributed by atoms with Gasteiger partial charge in [0.1, 0.15) is 0 Å². The zero-order valence-corrected chi connectivity index (χ0v) is 21.4. The summed E-state index contributed by atoms with van der Waals surface area (Å²) in [6.07, 6.45) is 0. The van der Waals surface area contributed by atoms with Crippen LogP contribution in [0.1, 0.15) is 27.8 Å². The lowest BCUT2D eigenvalue weighted by molar-refractivity contribution is 0.769. The molecule has 180 valence electrons. The maximum atomic E-state index is 2.40. The van der Waals surface area contributed by atoms with Crippen molar-refractivity contribution in [3.63, 3.8) is 0 Å². The SMILES string of the molecule is Cc1cccc2c1-c1ccccc1C2(c1cccc(-c2ccccc2)c1)c1cccc(-c2ccccc2)c1. The van der Waals surface area contributed by atoms with Crippen LogP contribution in [0.2, 0.25) is 0 Å². The summed E-state index contributed by atoms with van der Waals surface area (Å²) in [5, 5.41) is 0. The fraction of sp³-hybridized carbons (Fsp3) is 0.0526. The van der Waals surface area contributed by atoms with E-state index < -0.39 is 5.41 Å². The van der Waals surface area contributed by atoms with E-state index in [9.17, 15) is 0 Å². The molecule has 0 N–H and O–H groups in total. The van der Waals surface area contributed by atoms with Gasteiger partial charge in [-0.25, -0.2) is 0 Å². The van der Waals surface area contributed by atoms with Gasteiger partial charge in [-0.05, 0) is 80.3 Å². The molecule has 0 atom stereocenters. The van der Waals surface area contributed by atoms with Gasteiger partial charge in [0, 0.05) is 0 Å². The maximum Gasteiger partial charge on any atom is 0.0714 e. The number of benzene rings is 6. The first-order chi connectivity index (χ1) is 18.8. The first kappa shape index (κ1) is 22.5. The summed E-state index contributed by atoms with van der Waals surface area (Å²) in [6.45, 7) is 2.24. The lowest BCUT2D eigenvalue weighted by Crippen LogP contribution is -2.28. The molecule has 0 bridgehead atoms. The van der Waals surface area contributed by atoms with Crippen molar-refractivity contribution in [1.82, 2.24) is 0 Å². The lowest BCUT2D eigenvalue weighted by Gasteiger charge is -2.34. The second-order valence-electron chi connectivity index (χ2n) is 10.2. The molecule has 6 aromatic rings.